The Hall–Kier alpha value is -3.16. The molecule has 0 aliphatic rings. The number of ether oxygens (including phenoxy) is 1. The number of pyridine rings is 1. The maximum absolute atomic E-state index is 12.7. The highest BCUT2D eigenvalue weighted by atomic mass is 16.5. The number of hydrogen-bond donors (Lipinski definition) is 2. The molecule has 0 spiro atoms. The van der Waals surface area contributed by atoms with Crippen LogP contribution >= 0.6 is 0 Å². The summed E-state index contributed by atoms with van der Waals surface area (Å²) in [6.07, 6.45) is 1.40. The van der Waals surface area contributed by atoms with E-state index in [1.807, 2.05) is 13.8 Å². The maximum atomic E-state index is 12.7. The molecule has 2 heterocycles. The Labute approximate surface area is 149 Å². The highest BCUT2D eigenvalue weighted by molar-refractivity contribution is 5.97. The molecular formula is C18H20N4O4. The van der Waals surface area contributed by atoms with Crippen molar-refractivity contribution in [2.45, 2.75) is 32.7 Å². The Morgan fingerprint density at radius 3 is 2.62 bits per heavy atom. The normalized spacial score (nSPS) is 12.3. The zero-order valence-electron chi connectivity index (χ0n) is 15.0. The van der Waals surface area contributed by atoms with Crippen molar-refractivity contribution in [1.29, 1.82) is 0 Å². The van der Waals surface area contributed by atoms with E-state index in [0.29, 0.717) is 28.4 Å². The Balaban J connectivity index is 1.87. The van der Waals surface area contributed by atoms with E-state index in [1.165, 1.54) is 13.3 Å². The number of benzene rings is 1. The van der Waals surface area contributed by atoms with Gasteiger partial charge in [-0.15, -0.1) is 10.2 Å². The Bertz CT molecular complexity index is 1010. The highest BCUT2D eigenvalue weighted by Gasteiger charge is 2.20. The molecule has 8 heteroatoms. The van der Waals surface area contributed by atoms with Crippen LogP contribution in [-0.2, 0) is 0 Å². The van der Waals surface area contributed by atoms with Crippen molar-refractivity contribution >= 4 is 16.8 Å². The summed E-state index contributed by atoms with van der Waals surface area (Å²) in [7, 11) is 1.52. The van der Waals surface area contributed by atoms with Gasteiger partial charge in [0.15, 0.2) is 0 Å². The van der Waals surface area contributed by atoms with Crippen molar-refractivity contribution in [1.82, 2.24) is 20.5 Å². The Morgan fingerprint density at radius 1 is 1.23 bits per heavy atom. The summed E-state index contributed by atoms with van der Waals surface area (Å²) < 4.78 is 10.7. The summed E-state index contributed by atoms with van der Waals surface area (Å²) in [5.41, 5.74) is 0.246. The van der Waals surface area contributed by atoms with Crippen LogP contribution in [0.2, 0.25) is 0 Å². The Kier molecular flexibility index (Phi) is 4.75. The van der Waals surface area contributed by atoms with Crippen LogP contribution in [-0.4, -0.2) is 28.2 Å². The highest BCUT2D eigenvalue weighted by Crippen LogP contribution is 2.18. The molecule has 3 aromatic rings. The van der Waals surface area contributed by atoms with Gasteiger partial charge in [0.25, 0.3) is 5.91 Å². The lowest BCUT2D eigenvalue weighted by Crippen LogP contribution is -2.31. The fourth-order valence-corrected chi connectivity index (χ4v) is 2.48. The lowest BCUT2D eigenvalue weighted by molar-refractivity contribution is 0.0932. The second-order valence-corrected chi connectivity index (χ2v) is 6.27. The zero-order valence-corrected chi connectivity index (χ0v) is 15.0. The first-order valence-electron chi connectivity index (χ1n) is 8.24. The molecule has 3 rings (SSSR count). The number of methoxy groups -OCH3 is 1. The van der Waals surface area contributed by atoms with E-state index in [4.69, 9.17) is 9.15 Å². The number of rotatable bonds is 5. The van der Waals surface area contributed by atoms with Gasteiger partial charge in [-0.25, -0.2) is 0 Å². The van der Waals surface area contributed by atoms with Gasteiger partial charge in [0.1, 0.15) is 17.4 Å². The molecule has 1 atom stereocenters. The molecule has 0 saturated carbocycles. The topological polar surface area (TPSA) is 110 Å². The molecule has 1 amide bonds. The summed E-state index contributed by atoms with van der Waals surface area (Å²) in [6, 6.07) is 4.54. The first kappa shape index (κ1) is 17.7. The van der Waals surface area contributed by atoms with Gasteiger partial charge in [0.05, 0.1) is 7.11 Å². The maximum Gasteiger partial charge on any atom is 0.257 e. The molecule has 2 N–H and O–H groups in total. The van der Waals surface area contributed by atoms with Gasteiger partial charge in [-0.2, -0.15) is 0 Å². The molecule has 0 aliphatic carbocycles. The smallest absolute Gasteiger partial charge is 0.257 e. The third-order valence-corrected chi connectivity index (χ3v) is 4.00. The molecular weight excluding hydrogens is 336 g/mol. The van der Waals surface area contributed by atoms with E-state index in [0.717, 1.165) is 0 Å². The molecule has 26 heavy (non-hydrogen) atoms. The fourth-order valence-electron chi connectivity index (χ4n) is 2.48. The van der Waals surface area contributed by atoms with Crippen LogP contribution < -0.4 is 15.5 Å². The molecule has 2 aromatic heterocycles. The van der Waals surface area contributed by atoms with E-state index in [-0.39, 0.29) is 16.9 Å². The van der Waals surface area contributed by atoms with Gasteiger partial charge >= 0.3 is 0 Å². The Morgan fingerprint density at radius 2 is 1.96 bits per heavy atom. The monoisotopic (exact) mass is 356 g/mol. The molecule has 0 bridgehead atoms. The van der Waals surface area contributed by atoms with E-state index in [2.05, 4.69) is 20.5 Å². The fraction of sp³-hybridized carbons (Fsp3) is 0.333. The summed E-state index contributed by atoms with van der Waals surface area (Å²) in [4.78, 5) is 28.2. The number of aromatic nitrogens is 3. The number of nitrogens with one attached hydrogen (secondary N) is 2. The summed E-state index contributed by atoms with van der Waals surface area (Å²) in [5, 5.41) is 11.0. The van der Waals surface area contributed by atoms with Gasteiger partial charge in [-0.1, -0.05) is 13.8 Å². The van der Waals surface area contributed by atoms with E-state index in [1.54, 1.807) is 25.1 Å². The minimum absolute atomic E-state index is 0.00111. The minimum Gasteiger partial charge on any atom is -0.497 e. The summed E-state index contributed by atoms with van der Waals surface area (Å²) in [5.74, 6) is 0.906. The van der Waals surface area contributed by atoms with Crippen LogP contribution in [0.25, 0.3) is 10.9 Å². The zero-order chi connectivity index (χ0) is 18.8. The molecule has 0 saturated heterocycles. The van der Waals surface area contributed by atoms with Crippen molar-refractivity contribution in [2.24, 2.45) is 0 Å². The van der Waals surface area contributed by atoms with Crippen molar-refractivity contribution in [3.05, 3.63) is 52.0 Å². The molecule has 0 aliphatic heterocycles. The second kappa shape index (κ2) is 6.99. The van der Waals surface area contributed by atoms with Gasteiger partial charge in [-0.3, -0.25) is 9.59 Å². The SMILES string of the molecule is COc1ccc2[nH]cc(C(=O)NC(C)c3nnc(C(C)C)o3)c(=O)c2c1. The molecule has 1 aromatic carbocycles. The lowest BCUT2D eigenvalue weighted by Gasteiger charge is -2.10. The molecule has 8 nitrogen and oxygen atoms in total. The van der Waals surface area contributed by atoms with Crippen molar-refractivity contribution in [3.63, 3.8) is 0 Å². The molecule has 0 radical (unpaired) electrons. The van der Waals surface area contributed by atoms with Crippen LogP contribution in [0.4, 0.5) is 0 Å². The number of H-pyrrole nitrogens is 1. The number of aromatic amines is 1. The van der Waals surface area contributed by atoms with Gasteiger partial charge < -0.3 is 19.5 Å². The number of carbonyl (C=O) groups is 1. The lowest BCUT2D eigenvalue weighted by atomic mass is 10.1. The third-order valence-electron chi connectivity index (χ3n) is 4.00. The van der Waals surface area contributed by atoms with Crippen LogP contribution in [0.3, 0.4) is 0 Å². The van der Waals surface area contributed by atoms with Crippen LogP contribution in [0.15, 0.2) is 33.6 Å². The first-order valence-corrected chi connectivity index (χ1v) is 8.24. The van der Waals surface area contributed by atoms with Gasteiger partial charge in [0, 0.05) is 23.0 Å². The standard InChI is InChI=1S/C18H20N4O4/c1-9(2)17-21-22-18(26-17)10(3)20-16(24)13-8-19-14-6-5-11(25-4)7-12(14)15(13)23/h5-10H,1-4H3,(H,19,23)(H,20,24). The summed E-state index contributed by atoms with van der Waals surface area (Å²) in [6.45, 7) is 5.58. The van der Waals surface area contributed by atoms with E-state index >= 15 is 0 Å². The second-order valence-electron chi connectivity index (χ2n) is 6.27. The number of carbonyl (C=O) groups excluding carboxylic acids is 1. The number of hydrogen-bond acceptors (Lipinski definition) is 6. The summed E-state index contributed by atoms with van der Waals surface area (Å²) >= 11 is 0. The number of nitrogens with zero attached hydrogens (tertiary/aromatic N) is 2. The van der Waals surface area contributed by atoms with Gasteiger partial charge in [0.2, 0.25) is 17.2 Å². The average Bonchev–Trinajstić information content (AvgIpc) is 3.12. The number of fused-ring (bicyclic) bond motifs is 1. The van der Waals surface area contributed by atoms with Crippen molar-refractivity contribution < 1.29 is 13.9 Å². The number of amides is 1. The van der Waals surface area contributed by atoms with Crippen LogP contribution in [0.5, 0.6) is 5.75 Å². The van der Waals surface area contributed by atoms with Crippen molar-refractivity contribution in [2.75, 3.05) is 7.11 Å². The predicted octanol–water partition coefficient (Wildman–Crippen LogP) is 2.53. The van der Waals surface area contributed by atoms with E-state index in [9.17, 15) is 9.59 Å². The first-order chi connectivity index (χ1) is 12.4. The molecule has 1 unspecified atom stereocenters. The quantitative estimate of drug-likeness (QED) is 0.727. The minimum atomic E-state index is -0.525. The van der Waals surface area contributed by atoms with Crippen LogP contribution in [0.1, 0.15) is 54.9 Å². The molecule has 136 valence electrons. The predicted molar refractivity (Wildman–Crippen MR) is 95.4 cm³/mol. The van der Waals surface area contributed by atoms with Gasteiger partial charge in [-0.05, 0) is 25.1 Å². The molecule has 0 fully saturated rings. The average molecular weight is 356 g/mol. The third kappa shape index (κ3) is 3.30. The van der Waals surface area contributed by atoms with Crippen LogP contribution in [0, 0.1) is 0 Å². The van der Waals surface area contributed by atoms with Crippen molar-refractivity contribution in [3.8, 4) is 5.75 Å². The largest absolute Gasteiger partial charge is 0.497 e. The van der Waals surface area contributed by atoms with E-state index < -0.39 is 11.9 Å².